The van der Waals surface area contributed by atoms with Crippen LogP contribution in [0.25, 0.3) is 10.9 Å². The van der Waals surface area contributed by atoms with Gasteiger partial charge in [-0.2, -0.15) is 0 Å². The smallest absolute Gasteiger partial charge is 0.250 e. The average molecular weight is 361 g/mol. The zero-order valence-electron chi connectivity index (χ0n) is 15.3. The van der Waals surface area contributed by atoms with Crippen molar-refractivity contribution >= 4 is 22.6 Å². The molecule has 3 aromatic rings. The third-order valence-corrected chi connectivity index (χ3v) is 5.24. The molecule has 1 aliphatic heterocycles. The Bertz CT molecular complexity index is 970. The minimum atomic E-state index is -0.484. The second kappa shape index (κ2) is 7.32. The van der Waals surface area contributed by atoms with Gasteiger partial charge in [-0.15, -0.1) is 0 Å². The summed E-state index contributed by atoms with van der Waals surface area (Å²) in [5.41, 5.74) is 9.08. The molecule has 0 aliphatic carbocycles. The second-order valence-corrected chi connectivity index (χ2v) is 7.05. The first kappa shape index (κ1) is 17.4. The van der Waals surface area contributed by atoms with Gasteiger partial charge in [-0.1, -0.05) is 35.9 Å². The number of aromatic nitrogens is 2. The van der Waals surface area contributed by atoms with E-state index < -0.39 is 5.91 Å². The first-order chi connectivity index (χ1) is 13.1. The molecule has 27 heavy (non-hydrogen) atoms. The van der Waals surface area contributed by atoms with Crippen LogP contribution in [0, 0.1) is 6.92 Å². The summed E-state index contributed by atoms with van der Waals surface area (Å²) < 4.78 is 0. The Kier molecular flexibility index (Phi) is 4.73. The van der Waals surface area contributed by atoms with Gasteiger partial charge >= 0.3 is 0 Å². The fourth-order valence-corrected chi connectivity index (χ4v) is 3.80. The zero-order valence-corrected chi connectivity index (χ0v) is 15.3. The fourth-order valence-electron chi connectivity index (χ4n) is 3.80. The number of para-hydroxylation sites is 1. The first-order valence-corrected chi connectivity index (χ1v) is 9.21. The maximum Gasteiger partial charge on any atom is 0.250 e. The van der Waals surface area contributed by atoms with Crippen LogP contribution < -0.4 is 16.4 Å². The minimum Gasteiger partial charge on any atom is -0.366 e. The molecule has 6 nitrogen and oxygen atoms in total. The highest BCUT2D eigenvalue weighted by atomic mass is 16.1. The lowest BCUT2D eigenvalue weighted by molar-refractivity contribution is 0.100. The number of hydrogen-bond donors (Lipinski definition) is 3. The zero-order chi connectivity index (χ0) is 18.8. The molecule has 1 amide bonds. The summed E-state index contributed by atoms with van der Waals surface area (Å²) in [6.45, 7) is 3.94. The molecule has 6 heteroatoms. The molecule has 1 aromatic heterocycles. The highest BCUT2D eigenvalue weighted by Gasteiger charge is 2.27. The van der Waals surface area contributed by atoms with Crippen LogP contribution in [0.1, 0.15) is 33.8 Å². The highest BCUT2D eigenvalue weighted by Crippen LogP contribution is 2.30. The molecule has 4 N–H and O–H groups in total. The number of amides is 1. The van der Waals surface area contributed by atoms with Gasteiger partial charge in [0, 0.05) is 23.9 Å². The van der Waals surface area contributed by atoms with Crippen LogP contribution in [0.4, 0.5) is 5.82 Å². The molecule has 0 spiro atoms. The molecule has 4 rings (SSSR count). The van der Waals surface area contributed by atoms with Gasteiger partial charge in [0.1, 0.15) is 12.1 Å². The summed E-state index contributed by atoms with van der Waals surface area (Å²) in [5.74, 6) is 0.632. The number of rotatable bonds is 4. The van der Waals surface area contributed by atoms with Gasteiger partial charge in [0.05, 0.1) is 11.1 Å². The molecule has 138 valence electrons. The monoisotopic (exact) mass is 361 g/mol. The lowest BCUT2D eigenvalue weighted by Gasteiger charge is -2.33. The number of aryl methyl sites for hydroxylation is 1. The quantitative estimate of drug-likeness (QED) is 0.664. The number of nitrogens with one attached hydrogen (secondary N) is 2. The van der Waals surface area contributed by atoms with Crippen molar-refractivity contribution in [3.8, 4) is 0 Å². The molecule has 0 saturated carbocycles. The number of nitrogens with two attached hydrogens (primary N) is 1. The number of hydrogen-bond acceptors (Lipinski definition) is 5. The summed E-state index contributed by atoms with van der Waals surface area (Å²) in [7, 11) is 0. The van der Waals surface area contributed by atoms with Gasteiger partial charge in [0.15, 0.2) is 0 Å². The van der Waals surface area contributed by atoms with E-state index in [1.807, 2.05) is 12.1 Å². The molecule has 2 unspecified atom stereocenters. The number of anilines is 1. The summed E-state index contributed by atoms with van der Waals surface area (Å²) >= 11 is 0. The van der Waals surface area contributed by atoms with Crippen LogP contribution in [0.3, 0.4) is 0 Å². The van der Waals surface area contributed by atoms with Crippen molar-refractivity contribution in [3.63, 3.8) is 0 Å². The fraction of sp³-hybridized carbons (Fsp3) is 0.286. The van der Waals surface area contributed by atoms with Crippen LogP contribution in [0.2, 0.25) is 0 Å². The Morgan fingerprint density at radius 2 is 2.00 bits per heavy atom. The van der Waals surface area contributed by atoms with Crippen LogP contribution >= 0.6 is 0 Å². The third-order valence-electron chi connectivity index (χ3n) is 5.24. The van der Waals surface area contributed by atoms with Crippen molar-refractivity contribution in [2.24, 2.45) is 5.73 Å². The lowest BCUT2D eigenvalue weighted by Crippen LogP contribution is -2.44. The summed E-state index contributed by atoms with van der Waals surface area (Å²) in [6, 6.07) is 14.4. The largest absolute Gasteiger partial charge is 0.366 e. The van der Waals surface area contributed by atoms with Crippen LogP contribution in [-0.4, -0.2) is 35.0 Å². The van der Waals surface area contributed by atoms with Crippen molar-refractivity contribution in [2.45, 2.75) is 25.3 Å². The number of piperidine rings is 1. The standard InChI is InChI=1S/C21H23N5O/c1-13-5-7-14(8-6-13)15-9-10-23-11-18(15)26-21-17-4-2-3-16(20(22)27)19(17)24-12-25-21/h2-8,12,15,18,23H,9-11H2,1H3,(H2,22,27)(H,24,25,26). The summed E-state index contributed by atoms with van der Waals surface area (Å²) in [6.07, 6.45) is 2.53. The van der Waals surface area contributed by atoms with Crippen molar-refractivity contribution in [1.29, 1.82) is 0 Å². The maximum atomic E-state index is 11.7. The van der Waals surface area contributed by atoms with E-state index in [1.54, 1.807) is 6.07 Å². The lowest BCUT2D eigenvalue weighted by atomic mass is 9.85. The van der Waals surface area contributed by atoms with E-state index in [9.17, 15) is 4.79 Å². The normalized spacial score (nSPS) is 19.7. The first-order valence-electron chi connectivity index (χ1n) is 9.21. The maximum absolute atomic E-state index is 11.7. The van der Waals surface area contributed by atoms with E-state index in [-0.39, 0.29) is 6.04 Å². The Hall–Kier alpha value is -2.99. The number of carbonyl (C=O) groups excluding carboxylic acids is 1. The Morgan fingerprint density at radius 1 is 1.19 bits per heavy atom. The number of fused-ring (bicyclic) bond motifs is 1. The highest BCUT2D eigenvalue weighted by molar-refractivity contribution is 6.06. The Labute approximate surface area is 158 Å². The van der Waals surface area contributed by atoms with Gasteiger partial charge in [-0.25, -0.2) is 9.97 Å². The molecule has 1 saturated heterocycles. The predicted octanol–water partition coefficient (Wildman–Crippen LogP) is 2.59. The van der Waals surface area contributed by atoms with Crippen molar-refractivity contribution in [2.75, 3.05) is 18.4 Å². The molecular formula is C21H23N5O. The van der Waals surface area contributed by atoms with Gasteiger partial charge in [-0.3, -0.25) is 4.79 Å². The second-order valence-electron chi connectivity index (χ2n) is 7.05. The number of benzene rings is 2. The molecule has 2 atom stereocenters. The molecular weight excluding hydrogens is 338 g/mol. The van der Waals surface area contributed by atoms with Crippen LogP contribution in [0.5, 0.6) is 0 Å². The molecule has 0 bridgehead atoms. The van der Waals surface area contributed by atoms with Crippen LogP contribution in [-0.2, 0) is 0 Å². The van der Waals surface area contributed by atoms with Gasteiger partial charge in [-0.05, 0) is 37.6 Å². The molecule has 2 aromatic carbocycles. The van der Waals surface area contributed by atoms with E-state index in [4.69, 9.17) is 5.73 Å². The molecule has 1 aliphatic rings. The van der Waals surface area contributed by atoms with E-state index in [2.05, 4.69) is 51.8 Å². The Morgan fingerprint density at radius 3 is 2.78 bits per heavy atom. The molecule has 0 radical (unpaired) electrons. The minimum absolute atomic E-state index is 0.191. The van der Waals surface area contributed by atoms with Gasteiger partial charge in [0.25, 0.3) is 5.91 Å². The van der Waals surface area contributed by atoms with E-state index in [0.717, 1.165) is 30.7 Å². The Balaban J connectivity index is 1.68. The van der Waals surface area contributed by atoms with Gasteiger partial charge in [0.2, 0.25) is 0 Å². The summed E-state index contributed by atoms with van der Waals surface area (Å²) in [4.78, 5) is 20.4. The average Bonchev–Trinajstić information content (AvgIpc) is 2.69. The number of nitrogens with zero attached hydrogens (tertiary/aromatic N) is 2. The SMILES string of the molecule is Cc1ccc(C2CCNCC2Nc2ncnc3c(C(N)=O)cccc23)cc1. The molecule has 2 heterocycles. The predicted molar refractivity (Wildman–Crippen MR) is 107 cm³/mol. The van der Waals surface area contributed by atoms with Crippen molar-refractivity contribution in [1.82, 2.24) is 15.3 Å². The van der Waals surface area contributed by atoms with Gasteiger partial charge < -0.3 is 16.4 Å². The third kappa shape index (κ3) is 3.48. The van der Waals surface area contributed by atoms with Crippen LogP contribution in [0.15, 0.2) is 48.8 Å². The van der Waals surface area contributed by atoms with Crippen molar-refractivity contribution in [3.05, 3.63) is 65.5 Å². The van der Waals surface area contributed by atoms with Crippen molar-refractivity contribution < 1.29 is 4.79 Å². The molecule has 1 fully saturated rings. The topological polar surface area (TPSA) is 92.9 Å². The number of primary amides is 1. The summed E-state index contributed by atoms with van der Waals surface area (Å²) in [5, 5.41) is 7.86. The number of carbonyl (C=O) groups is 1. The van der Waals surface area contributed by atoms with E-state index in [1.165, 1.54) is 17.5 Å². The van der Waals surface area contributed by atoms with E-state index >= 15 is 0 Å². The van der Waals surface area contributed by atoms with E-state index in [0.29, 0.717) is 17.0 Å².